The van der Waals surface area contributed by atoms with Crippen molar-refractivity contribution in [3.63, 3.8) is 0 Å². The largest absolute Gasteiger partial charge is 0.316 e. The van der Waals surface area contributed by atoms with Crippen molar-refractivity contribution in [2.45, 2.75) is 0 Å². The first-order valence-electron chi connectivity index (χ1n) is 44.7. The Kier molecular flexibility index (Phi) is 18.7. The molecule has 0 spiro atoms. The maximum absolute atomic E-state index is 5.28. The topological polar surface area (TPSA) is 94.0 Å². The Morgan fingerprint density at radius 3 is 1.15 bits per heavy atom. The van der Waals surface area contributed by atoms with Crippen molar-refractivity contribution in [3.8, 4) is 102 Å². The van der Waals surface area contributed by atoms with Crippen LogP contribution in [0, 0.1) is 0 Å². The van der Waals surface area contributed by atoms with E-state index in [4.69, 9.17) is 19.9 Å². The molecule has 11 heteroatoms. The molecule has 132 heavy (non-hydrogen) atoms. The molecule has 0 N–H and O–H groups in total. The number of benzene rings is 17. The summed E-state index contributed by atoms with van der Waals surface area (Å²) in [5.41, 5.74) is 30.9. The molecule has 0 unspecified atom stereocenters. The van der Waals surface area contributed by atoms with E-state index >= 15 is 0 Å². The van der Waals surface area contributed by atoms with Crippen LogP contribution in [-0.4, -0.2) is 52.3 Å². The second-order valence-corrected chi connectivity index (χ2v) is 33.5. The maximum atomic E-state index is 5.28. The predicted molar refractivity (Wildman–Crippen MR) is 547 cm³/mol. The first-order chi connectivity index (χ1) is 65.5. The van der Waals surface area contributed by atoms with Gasteiger partial charge >= 0.3 is 0 Å². The number of pyridine rings is 3. The third-order valence-corrected chi connectivity index (χ3v) is 25.9. The van der Waals surface area contributed by atoms with Crippen molar-refractivity contribution < 1.29 is 0 Å². The van der Waals surface area contributed by atoms with Crippen LogP contribution in [0.4, 0.5) is 0 Å². The molecule has 0 saturated heterocycles. The number of nitrogens with zero attached hydrogens (tertiary/aromatic N) is 11. The van der Waals surface area contributed by atoms with Crippen molar-refractivity contribution in [2.24, 2.45) is 0 Å². The lowest BCUT2D eigenvalue weighted by Gasteiger charge is -2.12. The maximum Gasteiger partial charge on any atom is 0.160 e. The number of rotatable bonds is 12. The molecule has 27 aromatic rings. The summed E-state index contributed by atoms with van der Waals surface area (Å²) in [5.74, 6) is 0.723. The van der Waals surface area contributed by atoms with E-state index in [0.29, 0.717) is 0 Å². The molecular formula is C121H79N11. The molecular weight excluding hydrogens is 1610 g/mol. The summed E-state index contributed by atoms with van der Waals surface area (Å²) in [6.45, 7) is 0. The first-order valence-corrected chi connectivity index (χ1v) is 44.7. The zero-order valence-corrected chi connectivity index (χ0v) is 71.5. The van der Waals surface area contributed by atoms with Gasteiger partial charge in [0.25, 0.3) is 0 Å². The molecule has 11 nitrogen and oxygen atoms in total. The van der Waals surface area contributed by atoms with Crippen LogP contribution >= 0.6 is 0 Å². The highest BCUT2D eigenvalue weighted by atomic mass is 15.1. The van der Waals surface area contributed by atoms with E-state index in [9.17, 15) is 0 Å². The Labute approximate surface area is 759 Å². The fourth-order valence-corrected chi connectivity index (χ4v) is 19.8. The van der Waals surface area contributed by atoms with Crippen LogP contribution in [0.25, 0.3) is 232 Å². The average Bonchev–Trinajstić information content (AvgIpc) is 1.56. The second kappa shape index (κ2) is 32.2. The predicted octanol–water partition coefficient (Wildman–Crippen LogP) is 30.6. The van der Waals surface area contributed by atoms with Crippen molar-refractivity contribution in [3.05, 3.63) is 480 Å². The molecule has 0 aliphatic heterocycles. The fourth-order valence-electron chi connectivity index (χ4n) is 19.8. The van der Waals surface area contributed by atoms with Gasteiger partial charge in [0.1, 0.15) is 0 Å². The van der Waals surface area contributed by atoms with E-state index in [0.717, 1.165) is 145 Å². The minimum atomic E-state index is 0.723. The first kappa shape index (κ1) is 76.5. The molecule has 0 bridgehead atoms. The quantitative estimate of drug-likeness (QED) is 0.121. The Hall–Kier alpha value is -17.9. The number of aromatic nitrogens is 11. The van der Waals surface area contributed by atoms with Gasteiger partial charge in [0.2, 0.25) is 0 Å². The minimum absolute atomic E-state index is 0.723. The summed E-state index contributed by atoms with van der Waals surface area (Å²) in [6, 6.07) is 159. The monoisotopic (exact) mass is 1690 g/mol. The van der Waals surface area contributed by atoms with Gasteiger partial charge in [-0.2, -0.15) is 0 Å². The zero-order chi connectivity index (χ0) is 87.1. The molecule has 0 aliphatic carbocycles. The number of para-hydroxylation sites is 7. The van der Waals surface area contributed by atoms with Crippen LogP contribution in [0.15, 0.2) is 480 Å². The van der Waals surface area contributed by atoms with E-state index in [1.807, 2.05) is 42.7 Å². The third-order valence-electron chi connectivity index (χ3n) is 25.9. The van der Waals surface area contributed by atoms with Gasteiger partial charge in [-0.3, -0.25) is 4.98 Å². The lowest BCUT2D eigenvalue weighted by atomic mass is 9.98. The van der Waals surface area contributed by atoms with Crippen molar-refractivity contribution in [1.82, 2.24) is 52.3 Å². The lowest BCUT2D eigenvalue weighted by molar-refractivity contribution is 1.12. The van der Waals surface area contributed by atoms with Crippen LogP contribution in [0.3, 0.4) is 0 Å². The second-order valence-electron chi connectivity index (χ2n) is 33.5. The highest BCUT2D eigenvalue weighted by molar-refractivity contribution is 6.21. The van der Waals surface area contributed by atoms with E-state index in [1.165, 1.54) is 87.0 Å². The molecule has 10 aromatic heterocycles. The van der Waals surface area contributed by atoms with Gasteiger partial charge in [0.15, 0.2) is 5.82 Å². The number of hydrogen-bond donors (Lipinski definition) is 0. The average molecular weight is 1690 g/mol. The molecule has 0 fully saturated rings. The van der Waals surface area contributed by atoms with Crippen molar-refractivity contribution in [2.75, 3.05) is 0 Å². The molecule has 618 valence electrons. The minimum Gasteiger partial charge on any atom is -0.316 e. The summed E-state index contributed by atoms with van der Waals surface area (Å²) < 4.78 is 14.1. The van der Waals surface area contributed by atoms with Crippen LogP contribution < -0.4 is 0 Å². The summed E-state index contributed by atoms with van der Waals surface area (Å²) in [4.78, 5) is 25.0. The number of fused-ring (bicyclic) bond motifs is 17. The Balaban J connectivity index is 0.000000106. The molecule has 10 heterocycles. The van der Waals surface area contributed by atoms with Gasteiger partial charge in [-0.25, -0.2) is 19.9 Å². The smallest absolute Gasteiger partial charge is 0.160 e. The summed E-state index contributed by atoms with van der Waals surface area (Å²) in [7, 11) is 0. The Bertz CT molecular complexity index is 8750. The van der Waals surface area contributed by atoms with Gasteiger partial charge < -0.3 is 27.4 Å². The van der Waals surface area contributed by atoms with Crippen molar-refractivity contribution in [1.29, 1.82) is 0 Å². The molecule has 0 aliphatic rings. The highest BCUT2D eigenvalue weighted by Gasteiger charge is 2.25. The fraction of sp³-hybridized carbons (Fsp3) is 0. The summed E-state index contributed by atoms with van der Waals surface area (Å²) in [5, 5.41) is 15.3. The van der Waals surface area contributed by atoms with Gasteiger partial charge in [-0.05, 0) is 186 Å². The van der Waals surface area contributed by atoms with Gasteiger partial charge in [-0.1, -0.05) is 279 Å². The van der Waals surface area contributed by atoms with Crippen LogP contribution in [0.5, 0.6) is 0 Å². The summed E-state index contributed by atoms with van der Waals surface area (Å²) >= 11 is 0. The van der Waals surface area contributed by atoms with Crippen LogP contribution in [0.1, 0.15) is 0 Å². The molecule has 0 saturated carbocycles. The Morgan fingerprint density at radius 2 is 0.598 bits per heavy atom. The molecule has 17 aromatic carbocycles. The van der Waals surface area contributed by atoms with E-state index in [2.05, 4.69) is 470 Å². The molecule has 0 amide bonds. The Morgan fingerprint density at radius 1 is 0.189 bits per heavy atom. The van der Waals surface area contributed by atoms with Gasteiger partial charge in [-0.15, -0.1) is 0 Å². The number of hydrogen-bond acceptors (Lipinski definition) is 5. The van der Waals surface area contributed by atoms with Crippen molar-refractivity contribution >= 4 is 131 Å². The van der Waals surface area contributed by atoms with Gasteiger partial charge in [0.05, 0.1) is 83.5 Å². The standard InChI is InChI=1S/C41H27N3.2C40H26N4/c1-4-12-28(13-5-1)39-34-19-11-10-14-30(34)27-37(42-39)31-21-23-38-36(26-31)35-22-20-29-24-25-43(32-15-6-2-7-16-32)40(29)41(35)44(38)33-17-8-3-9-18-33;1-4-12-27(13-5-1)39-32-18-10-11-19-35(32)41-40(42-39)29-20-21-36-33(25-29)34-24-28-22-23-43(30-14-6-2-7-15-30)37(28)26-38(34)44(36)31-16-8-3-9-17-31;1-4-10-27(11-5-1)33-25-37(42-36-20-22-41-26-35(33)36)29-17-19-38-34(24-29)32-18-16-28-21-23-43(30-12-6-2-7-13-30)39(28)40(32)44(38)31-14-8-3-9-15-31/h1-27H;2*1-26H. The van der Waals surface area contributed by atoms with Crippen LogP contribution in [0.2, 0.25) is 0 Å². The van der Waals surface area contributed by atoms with E-state index < -0.39 is 0 Å². The van der Waals surface area contributed by atoms with E-state index in [1.54, 1.807) is 0 Å². The normalized spacial score (nSPS) is 11.6. The molecule has 0 radical (unpaired) electrons. The molecule has 27 rings (SSSR count). The lowest BCUT2D eigenvalue weighted by Crippen LogP contribution is -1.97. The highest BCUT2D eigenvalue weighted by Crippen LogP contribution is 2.46. The van der Waals surface area contributed by atoms with E-state index in [-0.39, 0.29) is 0 Å². The molecule has 0 atom stereocenters. The zero-order valence-electron chi connectivity index (χ0n) is 71.5. The third kappa shape index (κ3) is 13.2. The summed E-state index contributed by atoms with van der Waals surface area (Å²) in [6.07, 6.45) is 10.3. The van der Waals surface area contributed by atoms with Crippen LogP contribution in [-0.2, 0) is 0 Å². The van der Waals surface area contributed by atoms with Gasteiger partial charge in [0, 0.05) is 158 Å². The SMILES string of the molecule is c1ccc(-c2cc(-c3ccc4c(c3)c3ccc5ccn(-c6ccccc6)c5c3n4-c3ccccc3)nc3ccncc23)cc1.c1ccc(-c2nc(-c3ccc4c(c3)c3cc5ccn(-c6ccccc6)c5cc3n4-c3ccccc3)nc3ccccc23)cc1.c1ccc(-c2nc(-c3ccc4c(c3)c3ccc5ccn(-c6ccccc6)c5c3n4-c3ccccc3)cc3ccccc23)cc1.